The molecular weight excluding hydrogens is 330 g/mol. The van der Waals surface area contributed by atoms with Gasteiger partial charge in [0.1, 0.15) is 22.9 Å². The van der Waals surface area contributed by atoms with Crippen LogP contribution in [0.25, 0.3) is 0 Å². The van der Waals surface area contributed by atoms with Gasteiger partial charge in [-0.1, -0.05) is 11.6 Å². The predicted octanol–water partition coefficient (Wildman–Crippen LogP) is 0.873. The van der Waals surface area contributed by atoms with Gasteiger partial charge in [-0.05, 0) is 31.3 Å². The summed E-state index contributed by atoms with van der Waals surface area (Å²) in [5.74, 6) is -0.640. The number of amides is 1. The summed E-state index contributed by atoms with van der Waals surface area (Å²) in [6.07, 6.45) is 1.14. The zero-order valence-electron chi connectivity index (χ0n) is 11.4. The first-order valence-electron chi connectivity index (χ1n) is 5.96. The number of benzene rings is 1. The lowest BCUT2D eigenvalue weighted by molar-refractivity contribution is 0.102. The summed E-state index contributed by atoms with van der Waals surface area (Å²) in [5.41, 5.74) is 5.92. The van der Waals surface area contributed by atoms with Gasteiger partial charge in [-0.25, -0.2) is 23.1 Å². The van der Waals surface area contributed by atoms with Crippen LogP contribution in [0.4, 0.5) is 11.5 Å². The molecule has 0 saturated heterocycles. The van der Waals surface area contributed by atoms with Gasteiger partial charge < -0.3 is 11.1 Å². The molecule has 0 saturated carbocycles. The van der Waals surface area contributed by atoms with Gasteiger partial charge in [0.2, 0.25) is 10.0 Å². The van der Waals surface area contributed by atoms with Crippen molar-refractivity contribution < 1.29 is 13.2 Å². The van der Waals surface area contributed by atoms with Crippen LogP contribution in [0.2, 0.25) is 5.15 Å². The Hall–Kier alpha value is -2.23. The molecule has 116 valence electrons. The Kier molecular flexibility index (Phi) is 4.59. The van der Waals surface area contributed by atoms with Crippen molar-refractivity contribution in [2.75, 3.05) is 18.1 Å². The first-order valence-corrected chi connectivity index (χ1v) is 7.82. The highest BCUT2D eigenvalue weighted by molar-refractivity contribution is 7.89. The van der Waals surface area contributed by atoms with Gasteiger partial charge >= 0.3 is 0 Å². The second-order valence-electron chi connectivity index (χ2n) is 4.11. The minimum atomic E-state index is -3.53. The maximum Gasteiger partial charge on any atom is 0.262 e. The molecule has 0 bridgehead atoms. The minimum Gasteiger partial charge on any atom is -0.383 e. The average molecular weight is 342 g/mol. The zero-order valence-corrected chi connectivity index (χ0v) is 12.9. The van der Waals surface area contributed by atoms with E-state index in [1.165, 1.54) is 31.3 Å². The van der Waals surface area contributed by atoms with Crippen LogP contribution in [0.5, 0.6) is 0 Å². The Balaban J connectivity index is 2.23. The standard InChI is InChI=1S/C12H12ClN5O3S/c1-15-22(20,21)8-4-2-7(3-5-8)18-12(19)9-10(13)16-6-17-11(9)14/h2-6,15H,1H3,(H,18,19)(H2,14,16,17). The molecule has 0 unspecified atom stereocenters. The fourth-order valence-corrected chi connectivity index (χ4v) is 2.57. The summed E-state index contributed by atoms with van der Waals surface area (Å²) in [5, 5.41) is 2.47. The first-order chi connectivity index (χ1) is 10.3. The highest BCUT2D eigenvalue weighted by Crippen LogP contribution is 2.20. The smallest absolute Gasteiger partial charge is 0.262 e. The Morgan fingerprint density at radius 2 is 1.86 bits per heavy atom. The fraction of sp³-hybridized carbons (Fsp3) is 0.0833. The molecule has 0 atom stereocenters. The number of nitrogens with zero attached hydrogens (tertiary/aromatic N) is 2. The number of hydrogen-bond donors (Lipinski definition) is 3. The van der Waals surface area contributed by atoms with Gasteiger partial charge in [0.25, 0.3) is 5.91 Å². The number of nitrogen functional groups attached to an aromatic ring is 1. The summed E-state index contributed by atoms with van der Waals surface area (Å²) in [7, 11) is -2.22. The zero-order chi connectivity index (χ0) is 16.3. The average Bonchev–Trinajstić information content (AvgIpc) is 2.47. The number of anilines is 2. The van der Waals surface area contributed by atoms with Crippen LogP contribution in [0.15, 0.2) is 35.5 Å². The van der Waals surface area contributed by atoms with Gasteiger partial charge in [0, 0.05) is 5.69 Å². The minimum absolute atomic E-state index is 0.0453. The third-order valence-electron chi connectivity index (χ3n) is 2.75. The van der Waals surface area contributed by atoms with E-state index >= 15 is 0 Å². The number of carbonyl (C=O) groups is 1. The predicted molar refractivity (Wildman–Crippen MR) is 82.1 cm³/mol. The number of nitrogens with two attached hydrogens (primary N) is 1. The van der Waals surface area contributed by atoms with Crippen LogP contribution >= 0.6 is 11.6 Å². The normalized spacial score (nSPS) is 11.2. The van der Waals surface area contributed by atoms with Crippen LogP contribution < -0.4 is 15.8 Å². The molecule has 0 aliphatic carbocycles. The molecule has 1 heterocycles. The maximum absolute atomic E-state index is 12.1. The van der Waals surface area contributed by atoms with Crippen LogP contribution in [0, 0.1) is 0 Å². The molecule has 4 N–H and O–H groups in total. The van der Waals surface area contributed by atoms with Gasteiger partial charge in [-0.3, -0.25) is 4.79 Å². The van der Waals surface area contributed by atoms with Gasteiger partial charge in [-0.15, -0.1) is 0 Å². The molecule has 1 aromatic carbocycles. The highest BCUT2D eigenvalue weighted by Gasteiger charge is 2.17. The number of sulfonamides is 1. The number of nitrogens with one attached hydrogen (secondary N) is 2. The Labute approximate surface area is 131 Å². The molecule has 2 rings (SSSR count). The van der Waals surface area contributed by atoms with Gasteiger partial charge in [0.15, 0.2) is 0 Å². The molecule has 2 aromatic rings. The second-order valence-corrected chi connectivity index (χ2v) is 6.36. The number of rotatable bonds is 4. The molecule has 0 spiro atoms. The molecule has 0 radical (unpaired) electrons. The number of halogens is 1. The van der Waals surface area contributed by atoms with Crippen LogP contribution in [-0.2, 0) is 10.0 Å². The molecule has 22 heavy (non-hydrogen) atoms. The number of carbonyl (C=O) groups excluding carboxylic acids is 1. The van der Waals surface area contributed by atoms with Crippen molar-refractivity contribution in [2.24, 2.45) is 0 Å². The molecule has 10 heteroatoms. The van der Waals surface area contributed by atoms with Crippen LogP contribution in [-0.4, -0.2) is 31.3 Å². The van der Waals surface area contributed by atoms with Gasteiger partial charge in [-0.2, -0.15) is 0 Å². The van der Waals surface area contributed by atoms with E-state index in [1.54, 1.807) is 0 Å². The molecule has 0 fully saturated rings. The SMILES string of the molecule is CNS(=O)(=O)c1ccc(NC(=O)c2c(N)ncnc2Cl)cc1. The Bertz CT molecular complexity index is 788. The monoisotopic (exact) mass is 341 g/mol. The fourth-order valence-electron chi connectivity index (χ4n) is 1.62. The van der Waals surface area contributed by atoms with Crippen molar-refractivity contribution in [1.29, 1.82) is 0 Å². The van der Waals surface area contributed by atoms with E-state index in [1.807, 2.05) is 0 Å². The van der Waals surface area contributed by atoms with E-state index in [0.29, 0.717) is 5.69 Å². The molecule has 0 aliphatic heterocycles. The second kappa shape index (κ2) is 6.26. The van der Waals surface area contributed by atoms with Crippen molar-refractivity contribution in [3.63, 3.8) is 0 Å². The maximum atomic E-state index is 12.1. The lowest BCUT2D eigenvalue weighted by Gasteiger charge is -2.08. The molecular formula is C12H12ClN5O3S. The summed E-state index contributed by atoms with van der Waals surface area (Å²) in [4.78, 5) is 19.6. The van der Waals surface area contributed by atoms with E-state index in [2.05, 4.69) is 20.0 Å². The molecule has 1 aromatic heterocycles. The number of hydrogen-bond acceptors (Lipinski definition) is 6. The molecule has 0 aliphatic rings. The highest BCUT2D eigenvalue weighted by atomic mass is 35.5. The summed E-state index contributed by atoms with van der Waals surface area (Å²) in [6.45, 7) is 0. The third-order valence-corrected chi connectivity index (χ3v) is 4.47. The van der Waals surface area contributed by atoms with E-state index in [9.17, 15) is 13.2 Å². The van der Waals surface area contributed by atoms with Gasteiger partial charge in [0.05, 0.1) is 4.90 Å². The Morgan fingerprint density at radius 3 is 2.41 bits per heavy atom. The van der Waals surface area contributed by atoms with Crippen molar-refractivity contribution in [3.05, 3.63) is 41.3 Å². The molecule has 8 nitrogen and oxygen atoms in total. The summed E-state index contributed by atoms with van der Waals surface area (Å²) in [6, 6.07) is 5.59. The quantitative estimate of drug-likeness (QED) is 0.708. The van der Waals surface area contributed by atoms with Crippen LogP contribution in [0.1, 0.15) is 10.4 Å². The van der Waals surface area contributed by atoms with Crippen LogP contribution in [0.3, 0.4) is 0 Å². The van der Waals surface area contributed by atoms with E-state index in [0.717, 1.165) is 6.33 Å². The molecule has 1 amide bonds. The van der Waals surface area contributed by atoms with Crippen molar-refractivity contribution in [3.8, 4) is 0 Å². The Morgan fingerprint density at radius 1 is 1.23 bits per heavy atom. The van der Waals surface area contributed by atoms with E-state index in [-0.39, 0.29) is 21.4 Å². The first kappa shape index (κ1) is 16.1. The van der Waals surface area contributed by atoms with Crippen molar-refractivity contribution >= 4 is 39.0 Å². The summed E-state index contributed by atoms with van der Waals surface area (Å²) >= 11 is 5.81. The number of aromatic nitrogens is 2. The lowest BCUT2D eigenvalue weighted by Crippen LogP contribution is -2.19. The summed E-state index contributed by atoms with van der Waals surface area (Å²) < 4.78 is 25.4. The lowest BCUT2D eigenvalue weighted by atomic mass is 10.2. The van der Waals surface area contributed by atoms with Crippen molar-refractivity contribution in [2.45, 2.75) is 4.90 Å². The topological polar surface area (TPSA) is 127 Å². The third kappa shape index (κ3) is 3.32. The largest absolute Gasteiger partial charge is 0.383 e. The van der Waals surface area contributed by atoms with Crippen molar-refractivity contribution in [1.82, 2.24) is 14.7 Å². The van der Waals surface area contributed by atoms with E-state index in [4.69, 9.17) is 17.3 Å². The van der Waals surface area contributed by atoms with E-state index < -0.39 is 15.9 Å².